The molecule has 2 aliphatic carbocycles. The number of hydrogen-bond acceptors (Lipinski definition) is 1. The average molecular weight is 432 g/mol. The third kappa shape index (κ3) is 4.22. The van der Waals surface area contributed by atoms with Crippen molar-refractivity contribution in [3.8, 4) is 0 Å². The molecular weight excluding hydrogens is 403 g/mol. The van der Waals surface area contributed by atoms with Gasteiger partial charge >= 0.3 is 18.1 Å². The molecule has 0 radical (unpaired) electrons. The Bertz CT molecular complexity index is 725. The fraction of sp³-hybridized carbons (Fsp3) is 0.696. The number of aliphatic carboxylic acids is 1. The fourth-order valence-corrected chi connectivity index (χ4v) is 5.46. The van der Waals surface area contributed by atoms with Crippen molar-refractivity contribution in [1.82, 2.24) is 0 Å². The van der Waals surface area contributed by atoms with E-state index in [4.69, 9.17) is 0 Å². The summed E-state index contributed by atoms with van der Waals surface area (Å²) >= 11 is 0. The lowest BCUT2D eigenvalue weighted by molar-refractivity contribution is -0.289. The molecule has 0 aliphatic heterocycles. The fourth-order valence-electron chi connectivity index (χ4n) is 5.46. The lowest BCUT2D eigenvalue weighted by atomic mass is 9.62. The van der Waals surface area contributed by atoms with Crippen molar-refractivity contribution in [2.24, 2.45) is 17.8 Å². The van der Waals surface area contributed by atoms with Gasteiger partial charge in [0.1, 0.15) is 0 Å². The van der Waals surface area contributed by atoms with Crippen molar-refractivity contribution >= 4 is 5.97 Å². The van der Waals surface area contributed by atoms with Gasteiger partial charge in [0.25, 0.3) is 0 Å². The first-order chi connectivity index (χ1) is 14.0. The van der Waals surface area contributed by atoms with Crippen molar-refractivity contribution < 1.29 is 31.9 Å². The maximum atomic E-state index is 13.6. The van der Waals surface area contributed by atoms with Crippen molar-refractivity contribution in [2.45, 2.75) is 82.2 Å². The van der Waals surface area contributed by atoms with Gasteiger partial charge in [0.15, 0.2) is 0 Å². The predicted molar refractivity (Wildman–Crippen MR) is 103 cm³/mol. The Kier molecular flexibility index (Phi) is 6.49. The minimum absolute atomic E-state index is 0.310. The average Bonchev–Trinajstić information content (AvgIpc) is 2.73. The van der Waals surface area contributed by atoms with Crippen LogP contribution in [0.15, 0.2) is 24.3 Å². The lowest BCUT2D eigenvalue weighted by Gasteiger charge is -2.42. The van der Waals surface area contributed by atoms with Crippen LogP contribution >= 0.6 is 0 Å². The van der Waals surface area contributed by atoms with Gasteiger partial charge in [0.2, 0.25) is 0 Å². The third-order valence-corrected chi connectivity index (χ3v) is 7.58. The van der Waals surface area contributed by atoms with Gasteiger partial charge in [-0.15, -0.1) is 0 Å². The molecule has 0 spiro atoms. The van der Waals surface area contributed by atoms with Crippen LogP contribution in [0.2, 0.25) is 0 Å². The first-order valence-electron chi connectivity index (χ1n) is 10.8. The van der Waals surface area contributed by atoms with Gasteiger partial charge in [-0.25, -0.2) is 0 Å². The Hall–Kier alpha value is -1.66. The zero-order valence-corrected chi connectivity index (χ0v) is 17.2. The Balaban J connectivity index is 1.73. The molecule has 1 aromatic carbocycles. The molecule has 3 rings (SSSR count). The van der Waals surface area contributed by atoms with Gasteiger partial charge in [0, 0.05) is 5.56 Å². The van der Waals surface area contributed by atoms with Crippen molar-refractivity contribution in [2.75, 3.05) is 0 Å². The maximum absolute atomic E-state index is 13.6. The van der Waals surface area contributed by atoms with Gasteiger partial charge in [-0.1, -0.05) is 50.5 Å². The Labute approximate surface area is 173 Å². The zero-order chi connectivity index (χ0) is 22.2. The van der Waals surface area contributed by atoms with E-state index >= 15 is 0 Å². The number of halogens is 5. The van der Waals surface area contributed by atoms with Crippen LogP contribution in [0, 0.1) is 17.8 Å². The normalized spacial score (nSPS) is 30.8. The summed E-state index contributed by atoms with van der Waals surface area (Å²) in [4.78, 5) is 12.2. The van der Waals surface area contributed by atoms with E-state index in [1.165, 1.54) is 32.1 Å². The van der Waals surface area contributed by atoms with Gasteiger partial charge < -0.3 is 5.11 Å². The number of benzene rings is 1. The number of carboxylic acid groups (broad SMARTS) is 1. The Morgan fingerprint density at radius 2 is 1.43 bits per heavy atom. The summed E-state index contributed by atoms with van der Waals surface area (Å²) in [6, 6.07) is 3.70. The second-order valence-electron chi connectivity index (χ2n) is 9.06. The molecule has 1 aromatic rings. The molecule has 0 unspecified atom stereocenters. The number of rotatable bonds is 5. The van der Waals surface area contributed by atoms with E-state index in [1.54, 1.807) is 0 Å². The highest BCUT2D eigenvalue weighted by Gasteiger charge is 2.58. The van der Waals surface area contributed by atoms with Crippen LogP contribution in [0.3, 0.4) is 0 Å². The summed E-state index contributed by atoms with van der Waals surface area (Å²) in [5.74, 6) is -4.14. The Morgan fingerprint density at radius 3 is 1.87 bits per heavy atom. The highest BCUT2D eigenvalue weighted by Crippen LogP contribution is 2.48. The van der Waals surface area contributed by atoms with E-state index in [0.29, 0.717) is 42.4 Å². The minimum atomic E-state index is -5.69. The molecule has 30 heavy (non-hydrogen) atoms. The summed E-state index contributed by atoms with van der Waals surface area (Å²) in [6.45, 7) is 2.21. The molecule has 0 aromatic heterocycles. The van der Waals surface area contributed by atoms with Crippen LogP contribution in [-0.4, -0.2) is 17.3 Å². The molecule has 2 saturated carbocycles. The SMILES string of the molecule is CCC1CCC(C2CCC(C(=O)O)(c3ccc(C(F)(F)C(F)(F)F)cc3)CC2)CC1. The minimum Gasteiger partial charge on any atom is -0.481 e. The van der Waals surface area contributed by atoms with Crippen LogP contribution in [0.4, 0.5) is 22.0 Å². The van der Waals surface area contributed by atoms with E-state index in [2.05, 4.69) is 6.92 Å². The second-order valence-corrected chi connectivity index (χ2v) is 9.06. The molecule has 0 atom stereocenters. The molecule has 1 N–H and O–H groups in total. The van der Waals surface area contributed by atoms with E-state index < -0.39 is 29.0 Å². The zero-order valence-electron chi connectivity index (χ0n) is 17.2. The monoisotopic (exact) mass is 432 g/mol. The van der Waals surface area contributed by atoms with E-state index in [-0.39, 0.29) is 0 Å². The van der Waals surface area contributed by atoms with E-state index in [9.17, 15) is 31.9 Å². The van der Waals surface area contributed by atoms with Crippen molar-refractivity contribution in [3.63, 3.8) is 0 Å². The molecule has 0 heterocycles. The number of alkyl halides is 5. The van der Waals surface area contributed by atoms with Gasteiger partial charge in [-0.3, -0.25) is 4.79 Å². The topological polar surface area (TPSA) is 37.3 Å². The van der Waals surface area contributed by atoms with Crippen LogP contribution in [0.25, 0.3) is 0 Å². The highest BCUT2D eigenvalue weighted by molar-refractivity contribution is 5.81. The summed E-state index contributed by atoms with van der Waals surface area (Å²) < 4.78 is 64.9. The van der Waals surface area contributed by atoms with Crippen molar-refractivity contribution in [1.29, 1.82) is 0 Å². The third-order valence-electron chi connectivity index (χ3n) is 7.58. The van der Waals surface area contributed by atoms with Crippen LogP contribution in [0.1, 0.15) is 75.8 Å². The first kappa shape index (κ1) is 23.0. The summed E-state index contributed by atoms with van der Waals surface area (Å²) in [7, 11) is 0. The highest BCUT2D eigenvalue weighted by atomic mass is 19.4. The Morgan fingerprint density at radius 1 is 0.933 bits per heavy atom. The van der Waals surface area contributed by atoms with Gasteiger partial charge in [-0.05, 0) is 61.8 Å². The standard InChI is InChI=1S/C23H29F5O2/c1-2-15-3-5-16(6-4-15)17-11-13-21(14-12-17,20(29)30)18-7-9-19(10-8-18)22(24,25)23(26,27)28/h7-10,15-17H,2-6,11-14H2,1H3,(H,29,30). The second kappa shape index (κ2) is 8.46. The van der Waals surface area contributed by atoms with Crippen LogP contribution in [-0.2, 0) is 16.1 Å². The maximum Gasteiger partial charge on any atom is 0.458 e. The number of carbonyl (C=O) groups is 1. The molecular formula is C23H29F5O2. The lowest BCUT2D eigenvalue weighted by Crippen LogP contribution is -2.41. The van der Waals surface area contributed by atoms with E-state index in [1.807, 2.05) is 0 Å². The van der Waals surface area contributed by atoms with Gasteiger partial charge in [-0.2, -0.15) is 22.0 Å². The molecule has 0 saturated heterocycles. The molecule has 0 bridgehead atoms. The molecule has 168 valence electrons. The smallest absolute Gasteiger partial charge is 0.458 e. The van der Waals surface area contributed by atoms with Crippen LogP contribution in [0.5, 0.6) is 0 Å². The predicted octanol–water partition coefficient (Wildman–Crippen LogP) is 7.07. The molecule has 7 heteroatoms. The molecule has 0 amide bonds. The number of carboxylic acids is 1. The molecule has 2 fully saturated rings. The molecule has 2 nitrogen and oxygen atoms in total. The molecule has 2 aliphatic rings. The van der Waals surface area contributed by atoms with Gasteiger partial charge in [0.05, 0.1) is 5.41 Å². The summed E-state index contributed by atoms with van der Waals surface area (Å²) in [5, 5.41) is 9.94. The largest absolute Gasteiger partial charge is 0.481 e. The summed E-state index contributed by atoms with van der Waals surface area (Å²) in [6.07, 6.45) is 2.55. The van der Waals surface area contributed by atoms with E-state index in [0.717, 1.165) is 30.9 Å². The quantitative estimate of drug-likeness (QED) is 0.505. The first-order valence-corrected chi connectivity index (χ1v) is 10.8. The van der Waals surface area contributed by atoms with Crippen molar-refractivity contribution in [3.05, 3.63) is 35.4 Å². The summed E-state index contributed by atoms with van der Waals surface area (Å²) in [5.41, 5.74) is -2.08. The number of hydrogen-bond donors (Lipinski definition) is 1. The van der Waals surface area contributed by atoms with Crippen LogP contribution < -0.4 is 0 Å².